The van der Waals surface area contributed by atoms with Gasteiger partial charge in [-0.1, -0.05) is 70.7 Å². The molecule has 1 aromatic heterocycles. The van der Waals surface area contributed by atoms with Crippen LogP contribution in [0.1, 0.15) is 45.1 Å². The van der Waals surface area contributed by atoms with E-state index >= 15 is 0 Å². The first-order valence-electron chi connectivity index (χ1n) is 6.63. The van der Waals surface area contributed by atoms with Crippen molar-refractivity contribution in [3.05, 3.63) is 47.4 Å². The molecule has 1 heterocycles. The Bertz CT molecular complexity index is 489. The van der Waals surface area contributed by atoms with Gasteiger partial charge in [0.25, 0.3) is 0 Å². The summed E-state index contributed by atoms with van der Waals surface area (Å²) < 4.78 is 1.33. The highest BCUT2D eigenvalue weighted by Gasteiger charge is 2.05. The molecule has 2 aromatic rings. The molecule has 1 aromatic carbocycles. The number of hydrogen-bond acceptors (Lipinski definition) is 1. The molecule has 1 heteroatoms. The molecule has 0 unspecified atom stereocenters. The minimum Gasteiger partial charge on any atom is -0.135 e. The van der Waals surface area contributed by atoms with Gasteiger partial charge in [0.2, 0.25) is 0 Å². The van der Waals surface area contributed by atoms with E-state index in [1.165, 1.54) is 20.5 Å². The standard InChI is InChI=1S/C13H12S.2C2H6/c1-3-7-10-11-8-5-6-9-13(11)14-12(10)4-2;2*1-2/h3-9H,2H2,1H3;2*1-2H3/b7-3-;;. The minimum atomic E-state index is 1.25. The predicted molar refractivity (Wildman–Crippen MR) is 89.3 cm³/mol. The van der Waals surface area contributed by atoms with E-state index in [0.717, 1.165) is 0 Å². The summed E-state index contributed by atoms with van der Waals surface area (Å²) in [6.45, 7) is 13.9. The second-order valence-electron chi connectivity index (χ2n) is 3.08. The highest BCUT2D eigenvalue weighted by atomic mass is 32.1. The van der Waals surface area contributed by atoms with Crippen molar-refractivity contribution in [3.8, 4) is 0 Å². The number of fused-ring (bicyclic) bond motifs is 1. The molecule has 0 nitrogen and oxygen atoms in total. The van der Waals surface area contributed by atoms with Gasteiger partial charge in [-0.3, -0.25) is 0 Å². The van der Waals surface area contributed by atoms with E-state index in [0.29, 0.717) is 0 Å². The number of thiophene rings is 1. The third kappa shape index (κ3) is 3.85. The average molecular weight is 260 g/mol. The summed E-state index contributed by atoms with van der Waals surface area (Å²) in [5.74, 6) is 0. The van der Waals surface area contributed by atoms with Gasteiger partial charge in [0.15, 0.2) is 0 Å². The number of benzene rings is 1. The molecule has 98 valence electrons. The highest BCUT2D eigenvalue weighted by molar-refractivity contribution is 7.20. The monoisotopic (exact) mass is 260 g/mol. The zero-order valence-corrected chi connectivity index (χ0v) is 13.0. The molecule has 18 heavy (non-hydrogen) atoms. The van der Waals surface area contributed by atoms with Gasteiger partial charge in [-0.25, -0.2) is 0 Å². The summed E-state index contributed by atoms with van der Waals surface area (Å²) in [5, 5.41) is 1.32. The fraction of sp³-hybridized carbons (Fsp3) is 0.294. The van der Waals surface area contributed by atoms with Crippen molar-refractivity contribution in [3.63, 3.8) is 0 Å². The number of hydrogen-bond donors (Lipinski definition) is 0. The molecule has 0 saturated carbocycles. The van der Waals surface area contributed by atoms with Gasteiger partial charge >= 0.3 is 0 Å². The molecule has 0 saturated heterocycles. The van der Waals surface area contributed by atoms with Gasteiger partial charge in [0.1, 0.15) is 0 Å². The van der Waals surface area contributed by atoms with E-state index in [1.54, 1.807) is 11.3 Å². The SMILES string of the molecule is C=Cc1sc2ccccc2c1/C=C\C.CC.CC. The van der Waals surface area contributed by atoms with E-state index < -0.39 is 0 Å². The topological polar surface area (TPSA) is 0 Å². The Hall–Kier alpha value is -1.34. The molecule has 0 radical (unpaired) electrons. The maximum Gasteiger partial charge on any atom is 0.0355 e. The van der Waals surface area contributed by atoms with E-state index in [9.17, 15) is 0 Å². The Balaban J connectivity index is 0.000000659. The van der Waals surface area contributed by atoms with Gasteiger partial charge in [-0.05, 0) is 18.6 Å². The summed E-state index contributed by atoms with van der Waals surface area (Å²) in [6.07, 6.45) is 6.15. The molecule has 0 fully saturated rings. The Morgan fingerprint density at radius 2 is 1.67 bits per heavy atom. The van der Waals surface area contributed by atoms with Gasteiger partial charge in [-0.15, -0.1) is 11.3 Å². The van der Waals surface area contributed by atoms with Crippen LogP contribution in [0.15, 0.2) is 36.9 Å². The molecule has 0 N–H and O–H groups in total. The van der Waals surface area contributed by atoms with Gasteiger partial charge in [-0.2, -0.15) is 0 Å². The Morgan fingerprint density at radius 3 is 2.22 bits per heavy atom. The van der Waals surface area contributed by atoms with Crippen LogP contribution in [0.5, 0.6) is 0 Å². The van der Waals surface area contributed by atoms with Crippen LogP contribution in [0.2, 0.25) is 0 Å². The average Bonchev–Trinajstić information content (AvgIpc) is 2.82. The summed E-state index contributed by atoms with van der Waals surface area (Å²) in [5.41, 5.74) is 1.29. The van der Waals surface area contributed by atoms with Crippen molar-refractivity contribution in [1.29, 1.82) is 0 Å². The van der Waals surface area contributed by atoms with Crippen molar-refractivity contribution in [2.45, 2.75) is 34.6 Å². The molecule has 0 spiro atoms. The third-order valence-corrected chi connectivity index (χ3v) is 3.36. The fourth-order valence-corrected chi connectivity index (χ4v) is 2.62. The maximum absolute atomic E-state index is 3.85. The van der Waals surface area contributed by atoms with Crippen molar-refractivity contribution in [2.75, 3.05) is 0 Å². The molecule has 0 aliphatic carbocycles. The molecule has 0 atom stereocenters. The molecule has 0 bridgehead atoms. The second kappa shape index (κ2) is 9.67. The van der Waals surface area contributed by atoms with Crippen LogP contribution in [0.3, 0.4) is 0 Å². The Labute approximate surface area is 116 Å². The zero-order valence-electron chi connectivity index (χ0n) is 12.2. The normalized spacial score (nSPS) is 9.39. The quantitative estimate of drug-likeness (QED) is 0.568. The number of allylic oxidation sites excluding steroid dienone is 1. The smallest absolute Gasteiger partial charge is 0.0355 e. The largest absolute Gasteiger partial charge is 0.135 e. The van der Waals surface area contributed by atoms with E-state index in [2.05, 4.69) is 43.0 Å². The lowest BCUT2D eigenvalue weighted by Crippen LogP contribution is -1.70. The minimum absolute atomic E-state index is 1.25. The van der Waals surface area contributed by atoms with E-state index in [4.69, 9.17) is 0 Å². The highest BCUT2D eigenvalue weighted by Crippen LogP contribution is 2.32. The molecular formula is C17H24S. The van der Waals surface area contributed by atoms with Crippen LogP contribution >= 0.6 is 11.3 Å². The predicted octanol–water partition coefficient (Wildman–Crippen LogP) is 6.63. The van der Waals surface area contributed by atoms with Crippen molar-refractivity contribution in [1.82, 2.24) is 0 Å². The lowest BCUT2D eigenvalue weighted by molar-refractivity contribution is 1.50. The summed E-state index contributed by atoms with van der Waals surface area (Å²) >= 11 is 1.79. The maximum atomic E-state index is 3.85. The summed E-state index contributed by atoms with van der Waals surface area (Å²) in [4.78, 5) is 1.25. The lowest BCUT2D eigenvalue weighted by Gasteiger charge is -1.92. The molecule has 0 aliphatic heterocycles. The van der Waals surface area contributed by atoms with Crippen LogP contribution in [0, 0.1) is 0 Å². The van der Waals surface area contributed by atoms with Gasteiger partial charge in [0.05, 0.1) is 0 Å². The van der Waals surface area contributed by atoms with Crippen molar-refractivity contribution in [2.24, 2.45) is 0 Å². The summed E-state index contributed by atoms with van der Waals surface area (Å²) in [6, 6.07) is 8.47. The van der Waals surface area contributed by atoms with Crippen molar-refractivity contribution >= 4 is 33.6 Å². The molecule has 2 rings (SSSR count). The van der Waals surface area contributed by atoms with Crippen LogP contribution in [0.4, 0.5) is 0 Å². The Kier molecular flexibility index (Phi) is 8.95. The molecule has 0 aliphatic rings. The first-order valence-corrected chi connectivity index (χ1v) is 7.45. The number of rotatable bonds is 2. The van der Waals surface area contributed by atoms with Gasteiger partial charge < -0.3 is 0 Å². The van der Waals surface area contributed by atoms with Crippen molar-refractivity contribution < 1.29 is 0 Å². The molecular weight excluding hydrogens is 236 g/mol. The van der Waals surface area contributed by atoms with Crippen LogP contribution in [0.25, 0.3) is 22.2 Å². The lowest BCUT2D eigenvalue weighted by atomic mass is 10.1. The molecule has 0 amide bonds. The fourth-order valence-electron chi connectivity index (χ4n) is 1.57. The zero-order chi connectivity index (χ0) is 14.0. The van der Waals surface area contributed by atoms with Crippen LogP contribution in [-0.4, -0.2) is 0 Å². The van der Waals surface area contributed by atoms with E-state index in [-0.39, 0.29) is 0 Å². The van der Waals surface area contributed by atoms with Crippen LogP contribution < -0.4 is 0 Å². The third-order valence-electron chi connectivity index (χ3n) is 2.18. The second-order valence-corrected chi connectivity index (χ2v) is 4.16. The van der Waals surface area contributed by atoms with Gasteiger partial charge in [0, 0.05) is 15.0 Å². The Morgan fingerprint density at radius 1 is 1.06 bits per heavy atom. The summed E-state index contributed by atoms with van der Waals surface area (Å²) in [7, 11) is 0. The van der Waals surface area contributed by atoms with E-state index in [1.807, 2.05) is 40.7 Å². The first-order chi connectivity index (χ1) is 8.86. The van der Waals surface area contributed by atoms with Crippen LogP contribution in [-0.2, 0) is 0 Å². The first kappa shape index (κ1) is 16.7.